The van der Waals surface area contributed by atoms with Crippen molar-refractivity contribution in [3.05, 3.63) is 16.5 Å². The highest BCUT2D eigenvalue weighted by molar-refractivity contribution is 7.16. The number of hydrogen-bond donors (Lipinski definition) is 2. The molecule has 0 aromatic carbocycles. The highest BCUT2D eigenvalue weighted by atomic mass is 32.1. The number of primary amides is 1. The predicted molar refractivity (Wildman–Crippen MR) is 67.7 cm³/mol. The quantitative estimate of drug-likeness (QED) is 0.856. The molecular formula is C11H15N3O2S. The monoisotopic (exact) mass is 253 g/mol. The van der Waals surface area contributed by atoms with Crippen LogP contribution >= 0.6 is 11.3 Å². The Morgan fingerprint density at radius 2 is 2.29 bits per heavy atom. The van der Waals surface area contributed by atoms with E-state index in [-0.39, 0.29) is 6.03 Å². The van der Waals surface area contributed by atoms with Gasteiger partial charge in [0.1, 0.15) is 5.00 Å². The molecule has 92 valence electrons. The van der Waals surface area contributed by atoms with Gasteiger partial charge in [0.25, 0.3) is 5.91 Å². The van der Waals surface area contributed by atoms with Gasteiger partial charge in [0.15, 0.2) is 0 Å². The van der Waals surface area contributed by atoms with Crippen LogP contribution in [0.15, 0.2) is 6.07 Å². The molecule has 0 unspecified atom stereocenters. The molecule has 17 heavy (non-hydrogen) atoms. The number of rotatable bonds is 3. The van der Waals surface area contributed by atoms with Crippen LogP contribution in [-0.2, 0) is 0 Å². The maximum Gasteiger partial charge on any atom is 0.322 e. The number of nitrogens with two attached hydrogens (primary N) is 1. The summed E-state index contributed by atoms with van der Waals surface area (Å²) in [6.07, 6.45) is 0. The molecule has 2 heterocycles. The third kappa shape index (κ3) is 2.12. The lowest BCUT2D eigenvalue weighted by Crippen LogP contribution is -2.28. The fraction of sp³-hybridized carbons (Fsp3) is 0.455. The van der Waals surface area contributed by atoms with Gasteiger partial charge in [-0.05, 0) is 12.0 Å². The van der Waals surface area contributed by atoms with Gasteiger partial charge in [-0.1, -0.05) is 13.8 Å². The van der Waals surface area contributed by atoms with Crippen LogP contribution in [0.2, 0.25) is 0 Å². The number of anilines is 1. The second-order valence-electron chi connectivity index (χ2n) is 4.27. The number of carbonyl (C=O) groups excluding carboxylic acids is 2. The number of nitrogens with zero attached hydrogens (tertiary/aromatic N) is 1. The van der Waals surface area contributed by atoms with Gasteiger partial charge in [-0.25, -0.2) is 4.79 Å². The fourth-order valence-corrected chi connectivity index (χ4v) is 2.92. The largest absolute Gasteiger partial charge is 0.366 e. The van der Waals surface area contributed by atoms with Crippen molar-refractivity contribution in [2.75, 3.05) is 18.0 Å². The Hall–Kier alpha value is -1.56. The Bertz CT molecular complexity index is 467. The predicted octanol–water partition coefficient (Wildman–Crippen LogP) is 1.50. The highest BCUT2D eigenvalue weighted by Crippen LogP contribution is 2.35. The number of hydrogen-bond acceptors (Lipinski definition) is 3. The average Bonchev–Trinajstić information content (AvgIpc) is 2.82. The SMILES string of the molecule is CC(C)c1cc(C(N)=O)c(N2CCNC2=O)s1. The first kappa shape index (κ1) is 11.9. The van der Waals surface area contributed by atoms with Gasteiger partial charge in [0, 0.05) is 18.0 Å². The lowest BCUT2D eigenvalue weighted by atomic mass is 10.1. The van der Waals surface area contributed by atoms with E-state index in [4.69, 9.17) is 5.73 Å². The molecule has 1 fully saturated rings. The molecule has 0 spiro atoms. The molecule has 0 atom stereocenters. The summed E-state index contributed by atoms with van der Waals surface area (Å²) >= 11 is 1.46. The summed E-state index contributed by atoms with van der Waals surface area (Å²) in [6, 6.07) is 1.63. The van der Waals surface area contributed by atoms with Gasteiger partial charge >= 0.3 is 6.03 Å². The first-order valence-corrected chi connectivity index (χ1v) is 6.31. The summed E-state index contributed by atoms with van der Waals surface area (Å²) in [6.45, 7) is 5.28. The Labute approximate surface area is 104 Å². The summed E-state index contributed by atoms with van der Waals surface area (Å²) < 4.78 is 0. The minimum Gasteiger partial charge on any atom is -0.366 e. The molecular weight excluding hydrogens is 238 g/mol. The number of urea groups is 1. The zero-order valence-corrected chi connectivity index (χ0v) is 10.6. The van der Waals surface area contributed by atoms with Gasteiger partial charge in [0.2, 0.25) is 0 Å². The molecule has 1 aromatic rings. The molecule has 3 N–H and O–H groups in total. The molecule has 5 nitrogen and oxygen atoms in total. The molecule has 0 radical (unpaired) electrons. The topological polar surface area (TPSA) is 75.4 Å². The van der Waals surface area contributed by atoms with Crippen LogP contribution in [0.4, 0.5) is 9.80 Å². The van der Waals surface area contributed by atoms with Gasteiger partial charge in [0.05, 0.1) is 5.56 Å². The van der Waals surface area contributed by atoms with E-state index in [1.165, 1.54) is 11.3 Å². The Morgan fingerprint density at radius 3 is 2.76 bits per heavy atom. The normalized spacial score (nSPS) is 15.5. The van der Waals surface area contributed by atoms with Crippen LogP contribution in [0.5, 0.6) is 0 Å². The third-order valence-corrected chi connectivity index (χ3v) is 4.13. The van der Waals surface area contributed by atoms with Crippen molar-refractivity contribution in [3.63, 3.8) is 0 Å². The zero-order chi connectivity index (χ0) is 12.6. The van der Waals surface area contributed by atoms with E-state index in [1.807, 2.05) is 13.8 Å². The number of nitrogens with one attached hydrogen (secondary N) is 1. The molecule has 1 saturated heterocycles. The molecule has 0 bridgehead atoms. The van der Waals surface area contributed by atoms with Crippen LogP contribution in [0.25, 0.3) is 0 Å². The second-order valence-corrected chi connectivity index (χ2v) is 5.33. The van der Waals surface area contributed by atoms with Crippen LogP contribution in [0.1, 0.15) is 35.0 Å². The van der Waals surface area contributed by atoms with Gasteiger partial charge in [-0.3, -0.25) is 9.69 Å². The third-order valence-electron chi connectivity index (χ3n) is 2.67. The number of carbonyl (C=O) groups is 2. The van der Waals surface area contributed by atoms with Crippen molar-refractivity contribution < 1.29 is 9.59 Å². The fourth-order valence-electron chi connectivity index (χ4n) is 1.73. The molecule has 0 aliphatic carbocycles. The lowest BCUT2D eigenvalue weighted by Gasteiger charge is -2.12. The number of amides is 3. The zero-order valence-electron chi connectivity index (χ0n) is 9.82. The molecule has 1 aromatic heterocycles. The van der Waals surface area contributed by atoms with Crippen LogP contribution < -0.4 is 16.0 Å². The second kappa shape index (κ2) is 4.37. The molecule has 0 saturated carbocycles. The first-order valence-electron chi connectivity index (χ1n) is 5.49. The van der Waals surface area contributed by atoms with E-state index in [0.29, 0.717) is 29.6 Å². The minimum absolute atomic E-state index is 0.162. The van der Waals surface area contributed by atoms with Gasteiger partial charge < -0.3 is 11.1 Å². The van der Waals surface area contributed by atoms with Crippen molar-refractivity contribution in [1.82, 2.24) is 5.32 Å². The molecule has 1 aliphatic rings. The minimum atomic E-state index is -0.483. The van der Waals surface area contributed by atoms with Crippen molar-refractivity contribution in [2.24, 2.45) is 5.73 Å². The Morgan fingerprint density at radius 1 is 1.59 bits per heavy atom. The summed E-state index contributed by atoms with van der Waals surface area (Å²) in [5.41, 5.74) is 5.79. The average molecular weight is 253 g/mol. The van der Waals surface area contributed by atoms with E-state index >= 15 is 0 Å². The van der Waals surface area contributed by atoms with Gasteiger partial charge in [-0.15, -0.1) is 11.3 Å². The maximum absolute atomic E-state index is 11.6. The first-order chi connectivity index (χ1) is 8.00. The van der Waals surface area contributed by atoms with E-state index in [2.05, 4.69) is 5.32 Å². The smallest absolute Gasteiger partial charge is 0.322 e. The van der Waals surface area contributed by atoms with E-state index in [1.54, 1.807) is 11.0 Å². The van der Waals surface area contributed by atoms with Crippen LogP contribution in [0, 0.1) is 0 Å². The van der Waals surface area contributed by atoms with Crippen molar-refractivity contribution >= 4 is 28.3 Å². The summed E-state index contributed by atoms with van der Waals surface area (Å²) in [5.74, 6) is -0.166. The number of thiophene rings is 1. The summed E-state index contributed by atoms with van der Waals surface area (Å²) in [7, 11) is 0. The van der Waals surface area contributed by atoms with Crippen molar-refractivity contribution in [1.29, 1.82) is 0 Å². The van der Waals surface area contributed by atoms with Crippen molar-refractivity contribution in [3.8, 4) is 0 Å². The van der Waals surface area contributed by atoms with Crippen LogP contribution in [0.3, 0.4) is 0 Å². The standard InChI is InChI=1S/C11H15N3O2S/c1-6(2)8-5-7(9(12)15)10(17-8)14-4-3-13-11(14)16/h5-6H,3-4H2,1-2H3,(H2,12,15)(H,13,16). The van der Waals surface area contributed by atoms with Crippen LogP contribution in [-0.4, -0.2) is 25.0 Å². The van der Waals surface area contributed by atoms with Crippen molar-refractivity contribution in [2.45, 2.75) is 19.8 Å². The van der Waals surface area contributed by atoms with Gasteiger partial charge in [-0.2, -0.15) is 0 Å². The Kier molecular flexibility index (Phi) is 3.06. The van der Waals surface area contributed by atoms with E-state index < -0.39 is 5.91 Å². The van der Waals surface area contributed by atoms with E-state index in [0.717, 1.165) is 4.88 Å². The highest BCUT2D eigenvalue weighted by Gasteiger charge is 2.27. The maximum atomic E-state index is 11.6. The molecule has 1 aliphatic heterocycles. The lowest BCUT2D eigenvalue weighted by molar-refractivity contribution is 0.100. The Balaban J connectivity index is 2.44. The summed E-state index contributed by atoms with van der Waals surface area (Å²) in [5, 5.41) is 3.38. The molecule has 3 amide bonds. The summed E-state index contributed by atoms with van der Waals surface area (Å²) in [4.78, 5) is 25.6. The molecule has 6 heteroatoms. The molecule has 2 rings (SSSR count). The van der Waals surface area contributed by atoms with E-state index in [9.17, 15) is 9.59 Å².